The first-order chi connectivity index (χ1) is 30.5. The highest BCUT2D eigenvalue weighted by molar-refractivity contribution is 6.17. The lowest BCUT2D eigenvalue weighted by atomic mass is 9.82. The Hall–Kier alpha value is -7.88. The number of fused-ring (bicyclic) bond motifs is 12. The first kappa shape index (κ1) is 34.9. The number of hydrogen-bond donors (Lipinski definition) is 0. The molecule has 13 rings (SSSR count). The Morgan fingerprint density at radius 2 is 0.952 bits per heavy atom. The van der Waals surface area contributed by atoms with Gasteiger partial charge in [0.25, 0.3) is 0 Å². The van der Waals surface area contributed by atoms with Crippen LogP contribution in [-0.4, -0.2) is 0 Å². The van der Waals surface area contributed by atoms with Gasteiger partial charge in [0.1, 0.15) is 22.3 Å². The van der Waals surface area contributed by atoms with Crippen LogP contribution in [0.1, 0.15) is 25.0 Å². The summed E-state index contributed by atoms with van der Waals surface area (Å²) in [4.78, 5) is 2.48. The highest BCUT2D eigenvalue weighted by Gasteiger charge is 2.36. The molecular formula is C59H39NO2. The van der Waals surface area contributed by atoms with Crippen LogP contribution in [0.3, 0.4) is 0 Å². The van der Waals surface area contributed by atoms with E-state index in [1.807, 2.05) is 12.1 Å². The van der Waals surface area contributed by atoms with E-state index in [9.17, 15) is 0 Å². The summed E-state index contributed by atoms with van der Waals surface area (Å²) in [6.45, 7) is 4.72. The average Bonchev–Trinajstić information content (AvgIpc) is 3.96. The smallest absolute Gasteiger partial charge is 0.136 e. The number of para-hydroxylation sites is 2. The third-order valence-electron chi connectivity index (χ3n) is 13.5. The van der Waals surface area contributed by atoms with Crippen LogP contribution in [0.4, 0.5) is 17.1 Å². The molecule has 12 aromatic rings. The van der Waals surface area contributed by atoms with Gasteiger partial charge in [-0.2, -0.15) is 0 Å². The van der Waals surface area contributed by atoms with Crippen LogP contribution in [-0.2, 0) is 5.41 Å². The van der Waals surface area contributed by atoms with Crippen molar-refractivity contribution in [1.82, 2.24) is 0 Å². The van der Waals surface area contributed by atoms with Crippen LogP contribution >= 0.6 is 0 Å². The highest BCUT2D eigenvalue weighted by Crippen LogP contribution is 2.53. The summed E-state index contributed by atoms with van der Waals surface area (Å²) in [5, 5.41) is 9.29. The second-order valence-electron chi connectivity index (χ2n) is 17.2. The van der Waals surface area contributed by atoms with E-state index in [-0.39, 0.29) is 5.41 Å². The Morgan fingerprint density at radius 3 is 1.79 bits per heavy atom. The minimum atomic E-state index is -0.181. The SMILES string of the molecule is CC1(C)c2ccccc2-c2ccc(N(c3ccc4oc5ccccc5c4c3)c3cccc(-c4ccc5c(c4)oc4ccccc45)c3-c3cc4ccccc4c4ccccc34)cc21. The van der Waals surface area contributed by atoms with E-state index in [1.165, 1.54) is 49.4 Å². The molecule has 2 aromatic heterocycles. The zero-order valence-electron chi connectivity index (χ0n) is 34.3. The highest BCUT2D eigenvalue weighted by atomic mass is 16.3. The van der Waals surface area contributed by atoms with Gasteiger partial charge in [0.15, 0.2) is 0 Å². The third kappa shape index (κ3) is 5.06. The van der Waals surface area contributed by atoms with E-state index in [0.29, 0.717) is 0 Å². The third-order valence-corrected chi connectivity index (χ3v) is 13.5. The molecule has 0 atom stereocenters. The van der Waals surface area contributed by atoms with Crippen molar-refractivity contribution >= 4 is 82.5 Å². The van der Waals surface area contributed by atoms with E-state index in [2.05, 4.69) is 207 Å². The van der Waals surface area contributed by atoms with Gasteiger partial charge in [0.2, 0.25) is 0 Å². The Morgan fingerprint density at radius 1 is 0.355 bits per heavy atom. The molecule has 0 spiro atoms. The van der Waals surface area contributed by atoms with Crippen LogP contribution in [0.25, 0.3) is 98.8 Å². The molecule has 0 radical (unpaired) electrons. The fraction of sp³-hybridized carbons (Fsp3) is 0.0508. The minimum absolute atomic E-state index is 0.181. The van der Waals surface area contributed by atoms with Crippen molar-refractivity contribution in [3.63, 3.8) is 0 Å². The molecule has 0 amide bonds. The quantitative estimate of drug-likeness (QED) is 0.163. The summed E-state index contributed by atoms with van der Waals surface area (Å²) in [6, 6.07) is 72.8. The summed E-state index contributed by atoms with van der Waals surface area (Å²) in [5.74, 6) is 0. The molecule has 0 aliphatic heterocycles. The van der Waals surface area contributed by atoms with Crippen molar-refractivity contribution in [1.29, 1.82) is 0 Å². The van der Waals surface area contributed by atoms with Crippen LogP contribution in [0, 0.1) is 0 Å². The molecule has 3 heteroatoms. The van der Waals surface area contributed by atoms with E-state index in [4.69, 9.17) is 8.83 Å². The van der Waals surface area contributed by atoms with Crippen molar-refractivity contribution < 1.29 is 8.83 Å². The second kappa shape index (κ2) is 13.1. The molecule has 0 bridgehead atoms. The predicted molar refractivity (Wildman–Crippen MR) is 259 cm³/mol. The number of rotatable bonds is 5. The van der Waals surface area contributed by atoms with E-state index >= 15 is 0 Å². The van der Waals surface area contributed by atoms with Crippen molar-refractivity contribution in [2.24, 2.45) is 0 Å². The number of hydrogen-bond acceptors (Lipinski definition) is 3. The lowest BCUT2D eigenvalue weighted by Gasteiger charge is -2.31. The standard InChI is InChI=1S/C59H39NO2/c1-59(2)51-22-10-7-18-44(51)45-30-27-39(35-52(45)59)60(38-28-31-56-49(34-38)47-20-9-12-25-55(47)61-56)53-23-13-21-41(37-26-29-48-46-19-8-11-24-54(46)62-57(48)33-37)58(53)50-32-36-14-3-4-15-40(36)42-16-5-6-17-43(42)50/h3-35H,1-2H3. The van der Waals surface area contributed by atoms with Gasteiger partial charge < -0.3 is 13.7 Å². The molecule has 10 aromatic carbocycles. The number of nitrogens with zero attached hydrogens (tertiary/aromatic N) is 1. The minimum Gasteiger partial charge on any atom is -0.456 e. The van der Waals surface area contributed by atoms with Gasteiger partial charge >= 0.3 is 0 Å². The molecule has 2 heterocycles. The molecule has 0 unspecified atom stereocenters. The van der Waals surface area contributed by atoms with E-state index < -0.39 is 0 Å². The number of anilines is 3. The zero-order chi connectivity index (χ0) is 41.1. The van der Waals surface area contributed by atoms with Gasteiger partial charge in [-0.15, -0.1) is 0 Å². The molecule has 0 N–H and O–H groups in total. The topological polar surface area (TPSA) is 29.5 Å². The van der Waals surface area contributed by atoms with Gasteiger partial charge in [0, 0.05) is 43.9 Å². The van der Waals surface area contributed by atoms with Crippen molar-refractivity contribution in [3.05, 3.63) is 211 Å². The maximum atomic E-state index is 6.54. The fourth-order valence-corrected chi connectivity index (χ4v) is 10.5. The van der Waals surface area contributed by atoms with Gasteiger partial charge in [-0.25, -0.2) is 0 Å². The summed E-state index contributed by atoms with van der Waals surface area (Å²) in [5.41, 5.74) is 16.4. The summed E-state index contributed by atoms with van der Waals surface area (Å²) in [6.07, 6.45) is 0. The van der Waals surface area contributed by atoms with Crippen molar-refractivity contribution in [3.8, 4) is 33.4 Å². The van der Waals surface area contributed by atoms with E-state index in [0.717, 1.165) is 77.6 Å². The van der Waals surface area contributed by atoms with Gasteiger partial charge in [-0.1, -0.05) is 147 Å². The monoisotopic (exact) mass is 793 g/mol. The summed E-state index contributed by atoms with van der Waals surface area (Å²) in [7, 11) is 0. The summed E-state index contributed by atoms with van der Waals surface area (Å²) >= 11 is 0. The van der Waals surface area contributed by atoms with Crippen LogP contribution < -0.4 is 4.90 Å². The largest absolute Gasteiger partial charge is 0.456 e. The second-order valence-corrected chi connectivity index (χ2v) is 17.2. The number of benzene rings is 10. The van der Waals surface area contributed by atoms with Crippen LogP contribution in [0.5, 0.6) is 0 Å². The molecule has 292 valence electrons. The molecular weight excluding hydrogens is 755 g/mol. The Labute approximate surface area is 358 Å². The first-order valence-electron chi connectivity index (χ1n) is 21.4. The molecule has 3 nitrogen and oxygen atoms in total. The molecule has 0 saturated heterocycles. The van der Waals surface area contributed by atoms with Gasteiger partial charge in [-0.05, 0) is 127 Å². The fourth-order valence-electron chi connectivity index (χ4n) is 10.5. The predicted octanol–water partition coefficient (Wildman–Crippen LogP) is 16.9. The maximum Gasteiger partial charge on any atom is 0.136 e. The van der Waals surface area contributed by atoms with E-state index in [1.54, 1.807) is 0 Å². The molecule has 0 fully saturated rings. The lowest BCUT2D eigenvalue weighted by molar-refractivity contribution is 0.660. The molecule has 1 aliphatic rings. The van der Waals surface area contributed by atoms with Crippen LogP contribution in [0.15, 0.2) is 209 Å². The summed E-state index contributed by atoms with van der Waals surface area (Å²) < 4.78 is 13.0. The average molecular weight is 794 g/mol. The van der Waals surface area contributed by atoms with Crippen molar-refractivity contribution in [2.45, 2.75) is 19.3 Å². The Kier molecular flexibility index (Phi) is 7.36. The van der Waals surface area contributed by atoms with Crippen molar-refractivity contribution in [2.75, 3.05) is 4.90 Å². The maximum absolute atomic E-state index is 6.54. The molecule has 1 aliphatic carbocycles. The lowest BCUT2D eigenvalue weighted by Crippen LogP contribution is -2.17. The first-order valence-corrected chi connectivity index (χ1v) is 21.4. The Bertz CT molecular complexity index is 3810. The van der Waals surface area contributed by atoms with Gasteiger partial charge in [0.05, 0.1) is 5.69 Å². The molecule has 0 saturated carbocycles. The normalized spacial score (nSPS) is 13.1. The number of furan rings is 2. The Balaban J connectivity index is 1.14. The van der Waals surface area contributed by atoms with Gasteiger partial charge in [-0.3, -0.25) is 0 Å². The zero-order valence-corrected chi connectivity index (χ0v) is 34.3. The van der Waals surface area contributed by atoms with Crippen LogP contribution in [0.2, 0.25) is 0 Å². The molecule has 62 heavy (non-hydrogen) atoms.